The van der Waals surface area contributed by atoms with Gasteiger partial charge in [-0.1, -0.05) is 18.2 Å². The van der Waals surface area contributed by atoms with Crippen molar-refractivity contribution in [1.29, 1.82) is 5.26 Å². The van der Waals surface area contributed by atoms with Crippen LogP contribution in [0.15, 0.2) is 42.5 Å². The second kappa shape index (κ2) is 5.84. The molecule has 2 rings (SSSR count). The van der Waals surface area contributed by atoms with Gasteiger partial charge in [0.15, 0.2) is 11.6 Å². The van der Waals surface area contributed by atoms with Crippen molar-refractivity contribution < 1.29 is 9.50 Å². The average molecular weight is 284 g/mol. The SMILES string of the molecule is CC(C)(C#N)c1ccc(NCc2ccc(O)c(F)c2)cc1. The van der Waals surface area contributed by atoms with Gasteiger partial charge < -0.3 is 10.4 Å². The van der Waals surface area contributed by atoms with E-state index in [4.69, 9.17) is 10.4 Å². The smallest absolute Gasteiger partial charge is 0.165 e. The minimum Gasteiger partial charge on any atom is -0.505 e. The van der Waals surface area contributed by atoms with E-state index in [2.05, 4.69) is 11.4 Å². The third kappa shape index (κ3) is 3.51. The molecule has 0 spiro atoms. The van der Waals surface area contributed by atoms with Crippen LogP contribution in [0.25, 0.3) is 0 Å². The summed E-state index contributed by atoms with van der Waals surface area (Å²) in [5.41, 5.74) is 2.07. The van der Waals surface area contributed by atoms with Gasteiger partial charge in [0.05, 0.1) is 11.5 Å². The second-order valence-corrected chi connectivity index (χ2v) is 5.45. The molecule has 108 valence electrons. The number of phenols is 1. The zero-order valence-corrected chi connectivity index (χ0v) is 12.0. The average Bonchev–Trinajstić information content (AvgIpc) is 2.49. The molecule has 0 fully saturated rings. The van der Waals surface area contributed by atoms with Crippen molar-refractivity contribution in [1.82, 2.24) is 0 Å². The lowest BCUT2D eigenvalue weighted by Gasteiger charge is -2.16. The maximum Gasteiger partial charge on any atom is 0.165 e. The molecule has 0 saturated carbocycles. The van der Waals surface area contributed by atoms with Crippen LogP contribution in [0, 0.1) is 17.1 Å². The lowest BCUT2D eigenvalue weighted by Crippen LogP contribution is -2.13. The number of phenolic OH excluding ortho intramolecular Hbond substituents is 1. The standard InChI is InChI=1S/C17H17FN2O/c1-17(2,11-19)13-4-6-14(7-5-13)20-10-12-3-8-16(21)15(18)9-12/h3-9,20-21H,10H2,1-2H3. The van der Waals surface area contributed by atoms with Crippen molar-refractivity contribution in [2.45, 2.75) is 25.8 Å². The van der Waals surface area contributed by atoms with E-state index in [0.29, 0.717) is 6.54 Å². The number of nitriles is 1. The Morgan fingerprint density at radius 1 is 1.19 bits per heavy atom. The number of hydrogen-bond donors (Lipinski definition) is 2. The first-order valence-corrected chi connectivity index (χ1v) is 6.65. The summed E-state index contributed by atoms with van der Waals surface area (Å²) in [4.78, 5) is 0. The molecule has 21 heavy (non-hydrogen) atoms. The number of benzene rings is 2. The van der Waals surface area contributed by atoms with Gasteiger partial charge in [0.25, 0.3) is 0 Å². The number of nitrogens with one attached hydrogen (secondary N) is 1. The Morgan fingerprint density at radius 2 is 1.86 bits per heavy atom. The van der Waals surface area contributed by atoms with Gasteiger partial charge in [-0.25, -0.2) is 4.39 Å². The fraction of sp³-hybridized carbons (Fsp3) is 0.235. The van der Waals surface area contributed by atoms with Crippen molar-refractivity contribution in [2.24, 2.45) is 0 Å². The quantitative estimate of drug-likeness (QED) is 0.894. The molecule has 0 aromatic heterocycles. The van der Waals surface area contributed by atoms with Crippen LogP contribution in [0.1, 0.15) is 25.0 Å². The van der Waals surface area contributed by atoms with Gasteiger partial charge in [-0.05, 0) is 49.2 Å². The summed E-state index contributed by atoms with van der Waals surface area (Å²) in [6, 6.07) is 14.2. The summed E-state index contributed by atoms with van der Waals surface area (Å²) < 4.78 is 13.2. The molecule has 0 radical (unpaired) electrons. The van der Waals surface area contributed by atoms with Gasteiger partial charge in [-0.15, -0.1) is 0 Å². The van der Waals surface area contributed by atoms with Gasteiger partial charge in [0.1, 0.15) is 0 Å². The molecular weight excluding hydrogens is 267 g/mol. The Bertz CT molecular complexity index is 672. The summed E-state index contributed by atoms with van der Waals surface area (Å²) in [7, 11) is 0. The third-order valence-electron chi connectivity index (χ3n) is 3.39. The predicted octanol–water partition coefficient (Wildman–Crippen LogP) is 3.94. The van der Waals surface area contributed by atoms with Crippen LogP contribution in [0.4, 0.5) is 10.1 Å². The second-order valence-electron chi connectivity index (χ2n) is 5.45. The highest BCUT2D eigenvalue weighted by Crippen LogP contribution is 2.24. The molecule has 2 aromatic carbocycles. The summed E-state index contributed by atoms with van der Waals surface area (Å²) in [5, 5.41) is 21.4. The van der Waals surface area contributed by atoms with E-state index >= 15 is 0 Å². The normalized spacial score (nSPS) is 11.0. The molecule has 0 atom stereocenters. The number of nitrogens with zero attached hydrogens (tertiary/aromatic N) is 1. The highest BCUT2D eigenvalue weighted by atomic mass is 19.1. The highest BCUT2D eigenvalue weighted by molar-refractivity contribution is 5.47. The van der Waals surface area contributed by atoms with Gasteiger partial charge in [-0.3, -0.25) is 0 Å². The van der Waals surface area contributed by atoms with Crippen molar-refractivity contribution in [3.05, 3.63) is 59.4 Å². The summed E-state index contributed by atoms with van der Waals surface area (Å²) in [6.45, 7) is 4.20. The van der Waals surface area contributed by atoms with Crippen LogP contribution in [0.5, 0.6) is 5.75 Å². The van der Waals surface area contributed by atoms with Gasteiger partial charge >= 0.3 is 0 Å². The van der Waals surface area contributed by atoms with Crippen molar-refractivity contribution in [3.63, 3.8) is 0 Å². The molecule has 0 amide bonds. The molecule has 2 N–H and O–H groups in total. The van der Waals surface area contributed by atoms with Crippen LogP contribution in [-0.2, 0) is 12.0 Å². The number of aromatic hydroxyl groups is 1. The summed E-state index contributed by atoms with van der Waals surface area (Å²) in [5.74, 6) is -0.970. The molecule has 0 aliphatic rings. The molecule has 2 aromatic rings. The third-order valence-corrected chi connectivity index (χ3v) is 3.39. The van der Waals surface area contributed by atoms with E-state index in [-0.39, 0.29) is 5.75 Å². The van der Waals surface area contributed by atoms with Gasteiger partial charge in [0, 0.05) is 12.2 Å². The lowest BCUT2D eigenvalue weighted by molar-refractivity contribution is 0.432. The lowest BCUT2D eigenvalue weighted by atomic mass is 9.86. The van der Waals surface area contributed by atoms with Crippen LogP contribution < -0.4 is 5.32 Å². The molecular formula is C17H17FN2O. The number of hydrogen-bond acceptors (Lipinski definition) is 3. The first-order valence-electron chi connectivity index (χ1n) is 6.65. The predicted molar refractivity (Wildman–Crippen MR) is 80.5 cm³/mol. The van der Waals surface area contributed by atoms with E-state index in [1.54, 1.807) is 6.07 Å². The molecule has 0 aliphatic heterocycles. The molecule has 4 heteroatoms. The van der Waals surface area contributed by atoms with Crippen LogP contribution >= 0.6 is 0 Å². The Morgan fingerprint density at radius 3 is 2.43 bits per heavy atom. The monoisotopic (exact) mass is 284 g/mol. The molecule has 0 unspecified atom stereocenters. The highest BCUT2D eigenvalue weighted by Gasteiger charge is 2.18. The van der Waals surface area contributed by atoms with E-state index in [1.807, 2.05) is 38.1 Å². The van der Waals surface area contributed by atoms with E-state index in [0.717, 1.165) is 16.8 Å². The Labute approximate surface area is 123 Å². The van der Waals surface area contributed by atoms with E-state index in [9.17, 15) is 4.39 Å². The summed E-state index contributed by atoms with van der Waals surface area (Å²) in [6.07, 6.45) is 0. The summed E-state index contributed by atoms with van der Waals surface area (Å²) >= 11 is 0. The molecule has 3 nitrogen and oxygen atoms in total. The van der Waals surface area contributed by atoms with E-state index < -0.39 is 11.2 Å². The fourth-order valence-corrected chi connectivity index (χ4v) is 1.93. The molecule has 0 heterocycles. The number of rotatable bonds is 4. The van der Waals surface area contributed by atoms with Crippen molar-refractivity contribution >= 4 is 5.69 Å². The fourth-order valence-electron chi connectivity index (χ4n) is 1.93. The zero-order valence-electron chi connectivity index (χ0n) is 12.0. The molecule has 0 saturated heterocycles. The van der Waals surface area contributed by atoms with Gasteiger partial charge in [-0.2, -0.15) is 5.26 Å². The van der Waals surface area contributed by atoms with Crippen molar-refractivity contribution in [2.75, 3.05) is 5.32 Å². The van der Waals surface area contributed by atoms with Crippen LogP contribution in [0.2, 0.25) is 0 Å². The zero-order chi connectivity index (χ0) is 15.5. The Kier molecular flexibility index (Phi) is 4.13. The topological polar surface area (TPSA) is 56.0 Å². The first kappa shape index (κ1) is 14.9. The number of anilines is 1. The minimum atomic E-state index is -0.625. The molecule has 0 aliphatic carbocycles. The van der Waals surface area contributed by atoms with Crippen LogP contribution in [0.3, 0.4) is 0 Å². The van der Waals surface area contributed by atoms with Crippen LogP contribution in [-0.4, -0.2) is 5.11 Å². The number of halogens is 1. The Hall–Kier alpha value is -2.54. The first-order chi connectivity index (χ1) is 9.92. The minimum absolute atomic E-state index is 0.346. The molecule has 0 bridgehead atoms. The largest absolute Gasteiger partial charge is 0.505 e. The maximum absolute atomic E-state index is 13.2. The van der Waals surface area contributed by atoms with Crippen molar-refractivity contribution in [3.8, 4) is 11.8 Å². The van der Waals surface area contributed by atoms with Gasteiger partial charge in [0.2, 0.25) is 0 Å². The maximum atomic E-state index is 13.2. The van der Waals surface area contributed by atoms with E-state index in [1.165, 1.54) is 12.1 Å². The Balaban J connectivity index is 2.04.